The lowest BCUT2D eigenvalue weighted by Crippen LogP contribution is -2.45. The zero-order chi connectivity index (χ0) is 19.4. The largest absolute Gasteiger partial charge is 0.508 e. The van der Waals surface area contributed by atoms with Crippen LogP contribution in [-0.2, 0) is 14.3 Å². The molecule has 4 aliphatic carbocycles. The summed E-state index contributed by atoms with van der Waals surface area (Å²) in [6, 6.07) is 0. The molecule has 0 aromatic carbocycles. The third kappa shape index (κ3) is 2.71. The highest BCUT2D eigenvalue weighted by Crippen LogP contribution is 2.64. The number of hydrogen-bond donors (Lipinski definition) is 0. The van der Waals surface area contributed by atoms with Gasteiger partial charge in [0.15, 0.2) is 5.78 Å². The average molecular weight is 370 g/mol. The summed E-state index contributed by atoms with van der Waals surface area (Å²) in [5.41, 5.74) is 2.84. The summed E-state index contributed by atoms with van der Waals surface area (Å²) in [5, 5.41) is 0. The molecule has 0 bridgehead atoms. The predicted molar refractivity (Wildman–Crippen MR) is 103 cm³/mol. The summed E-state index contributed by atoms with van der Waals surface area (Å²) < 4.78 is 10.2. The van der Waals surface area contributed by atoms with E-state index in [9.17, 15) is 9.59 Å². The van der Waals surface area contributed by atoms with Crippen molar-refractivity contribution >= 4 is 11.9 Å². The molecule has 0 saturated heterocycles. The lowest BCUT2D eigenvalue weighted by Gasteiger charge is -2.52. The second kappa shape index (κ2) is 6.35. The molecule has 0 aliphatic heterocycles. The Balaban J connectivity index is 1.63. The van der Waals surface area contributed by atoms with E-state index in [0.29, 0.717) is 17.8 Å². The van der Waals surface area contributed by atoms with Gasteiger partial charge in [0.05, 0.1) is 7.11 Å². The Morgan fingerprint density at radius 1 is 1.26 bits per heavy atom. The summed E-state index contributed by atoms with van der Waals surface area (Å²) in [5.74, 6) is 1.64. The molecule has 1 unspecified atom stereocenters. The van der Waals surface area contributed by atoms with E-state index < -0.39 is 6.16 Å². The van der Waals surface area contributed by atoms with Crippen LogP contribution in [0, 0.1) is 28.6 Å². The first kappa shape index (κ1) is 18.5. The molecule has 0 aromatic heterocycles. The maximum Gasteiger partial charge on any atom is 0.508 e. The lowest BCUT2D eigenvalue weighted by molar-refractivity contribution is -0.110. The van der Waals surface area contributed by atoms with E-state index in [0.717, 1.165) is 25.7 Å². The first-order valence-corrected chi connectivity index (χ1v) is 10.2. The lowest BCUT2D eigenvalue weighted by atomic mass is 9.52. The van der Waals surface area contributed by atoms with Gasteiger partial charge in [-0.1, -0.05) is 30.2 Å². The van der Waals surface area contributed by atoms with Crippen LogP contribution in [-0.4, -0.2) is 25.2 Å². The van der Waals surface area contributed by atoms with Gasteiger partial charge in [-0.2, -0.15) is 0 Å². The van der Waals surface area contributed by atoms with Crippen molar-refractivity contribution in [2.24, 2.45) is 28.6 Å². The van der Waals surface area contributed by atoms with Crippen LogP contribution in [0.1, 0.15) is 52.9 Å². The molecule has 2 fully saturated rings. The minimum absolute atomic E-state index is 0.0929. The second-order valence-corrected chi connectivity index (χ2v) is 9.19. The van der Waals surface area contributed by atoms with E-state index in [2.05, 4.69) is 26.0 Å². The van der Waals surface area contributed by atoms with Gasteiger partial charge in [0, 0.05) is 11.3 Å². The molecule has 4 rings (SSSR count). The van der Waals surface area contributed by atoms with Gasteiger partial charge in [-0.25, -0.2) is 4.79 Å². The van der Waals surface area contributed by atoms with Gasteiger partial charge in [-0.3, -0.25) is 4.79 Å². The maximum atomic E-state index is 11.9. The number of carbonyl (C=O) groups is 2. The number of rotatable bonds is 2. The van der Waals surface area contributed by atoms with Crippen LogP contribution in [0.4, 0.5) is 4.79 Å². The molecule has 0 radical (unpaired) electrons. The smallest absolute Gasteiger partial charge is 0.438 e. The Labute approximate surface area is 161 Å². The van der Waals surface area contributed by atoms with Gasteiger partial charge in [0.2, 0.25) is 0 Å². The predicted octanol–water partition coefficient (Wildman–Crippen LogP) is 5.00. The van der Waals surface area contributed by atoms with Gasteiger partial charge in [0.25, 0.3) is 0 Å². The SMILES string of the molecule is COC(=O)OC(C)[C@H]1CC[C@H]2[C@@H]3CCC4=CC(=O)C=C[C@]4(C)C3=CC[C@]12C. The van der Waals surface area contributed by atoms with Gasteiger partial charge < -0.3 is 9.47 Å². The van der Waals surface area contributed by atoms with Crippen molar-refractivity contribution in [2.45, 2.75) is 59.0 Å². The minimum Gasteiger partial charge on any atom is -0.438 e. The third-order valence-electron chi connectivity index (χ3n) is 8.03. The van der Waals surface area contributed by atoms with Crippen molar-refractivity contribution < 1.29 is 19.1 Å². The summed E-state index contributed by atoms with van der Waals surface area (Å²) in [7, 11) is 1.36. The fourth-order valence-electron chi connectivity index (χ4n) is 6.61. The highest BCUT2D eigenvalue weighted by Gasteiger charge is 2.56. The summed E-state index contributed by atoms with van der Waals surface area (Å²) in [6.45, 7) is 6.67. The number of carbonyl (C=O) groups excluding carboxylic acids is 2. The van der Waals surface area contributed by atoms with Crippen LogP contribution in [0.3, 0.4) is 0 Å². The molecular weight excluding hydrogens is 340 g/mol. The molecule has 4 nitrogen and oxygen atoms in total. The Morgan fingerprint density at radius 3 is 2.78 bits per heavy atom. The number of methoxy groups -OCH3 is 1. The normalized spacial score (nSPS) is 40.9. The minimum atomic E-state index is -0.585. The molecule has 4 aliphatic rings. The zero-order valence-corrected chi connectivity index (χ0v) is 16.8. The van der Waals surface area contributed by atoms with Crippen molar-refractivity contribution in [1.82, 2.24) is 0 Å². The topological polar surface area (TPSA) is 52.6 Å². The quantitative estimate of drug-likeness (QED) is 0.507. The Kier molecular flexibility index (Phi) is 4.36. The third-order valence-corrected chi connectivity index (χ3v) is 8.03. The molecule has 6 atom stereocenters. The van der Waals surface area contributed by atoms with Crippen molar-refractivity contribution in [3.8, 4) is 0 Å². The highest BCUT2D eigenvalue weighted by molar-refractivity contribution is 6.01. The van der Waals surface area contributed by atoms with Crippen LogP contribution >= 0.6 is 0 Å². The van der Waals surface area contributed by atoms with Crippen molar-refractivity contribution in [2.75, 3.05) is 7.11 Å². The van der Waals surface area contributed by atoms with Gasteiger partial charge >= 0.3 is 6.16 Å². The van der Waals surface area contributed by atoms with Crippen LogP contribution < -0.4 is 0 Å². The molecule has 0 N–H and O–H groups in total. The molecule has 27 heavy (non-hydrogen) atoms. The van der Waals surface area contributed by atoms with Crippen molar-refractivity contribution in [1.29, 1.82) is 0 Å². The average Bonchev–Trinajstić information content (AvgIpc) is 2.99. The number of allylic oxidation sites excluding steroid dienone is 6. The molecule has 0 amide bonds. The molecule has 146 valence electrons. The first-order valence-electron chi connectivity index (χ1n) is 10.2. The number of ketones is 1. The standard InChI is InChI=1S/C23H30O4/c1-14(27-21(25)26-4)18-7-8-19-17-6-5-15-13-16(24)9-11-22(15,2)20(17)10-12-23(18,19)3/h9-11,13-14,17-19H,5-8,12H2,1-4H3/t14?,17-,18+,19-,22-,23+/m0/s1. The van der Waals surface area contributed by atoms with Crippen LogP contribution in [0.15, 0.2) is 35.5 Å². The Hall–Kier alpha value is -1.84. The van der Waals surface area contributed by atoms with E-state index in [4.69, 9.17) is 9.47 Å². The highest BCUT2D eigenvalue weighted by atomic mass is 16.7. The number of hydrogen-bond acceptors (Lipinski definition) is 4. The molecule has 0 spiro atoms. The molecule has 0 aromatic rings. The summed E-state index contributed by atoms with van der Waals surface area (Å²) in [6.07, 6.45) is 12.8. The van der Waals surface area contributed by atoms with Crippen LogP contribution in [0.2, 0.25) is 0 Å². The van der Waals surface area contributed by atoms with Crippen molar-refractivity contribution in [3.05, 3.63) is 35.5 Å². The van der Waals surface area contributed by atoms with E-state index in [-0.39, 0.29) is 22.7 Å². The van der Waals surface area contributed by atoms with Crippen LogP contribution in [0.25, 0.3) is 0 Å². The van der Waals surface area contributed by atoms with E-state index >= 15 is 0 Å². The Bertz CT molecular complexity index is 760. The van der Waals surface area contributed by atoms with Crippen molar-refractivity contribution in [3.63, 3.8) is 0 Å². The summed E-state index contributed by atoms with van der Waals surface area (Å²) >= 11 is 0. The molecule has 4 heteroatoms. The zero-order valence-electron chi connectivity index (χ0n) is 16.8. The molecule has 2 saturated carbocycles. The first-order chi connectivity index (χ1) is 12.8. The number of ether oxygens (including phenoxy) is 2. The van der Waals surface area contributed by atoms with Gasteiger partial charge in [0.1, 0.15) is 6.10 Å². The van der Waals surface area contributed by atoms with Crippen LogP contribution in [0.5, 0.6) is 0 Å². The summed E-state index contributed by atoms with van der Waals surface area (Å²) in [4.78, 5) is 23.5. The van der Waals surface area contributed by atoms with E-state index in [1.165, 1.54) is 24.7 Å². The van der Waals surface area contributed by atoms with E-state index in [1.807, 2.05) is 13.0 Å². The Morgan fingerprint density at radius 2 is 2.04 bits per heavy atom. The van der Waals surface area contributed by atoms with Gasteiger partial charge in [-0.15, -0.1) is 0 Å². The van der Waals surface area contributed by atoms with E-state index in [1.54, 1.807) is 6.08 Å². The monoisotopic (exact) mass is 370 g/mol. The molecular formula is C23H30O4. The fraction of sp³-hybridized carbons (Fsp3) is 0.652. The fourth-order valence-corrected chi connectivity index (χ4v) is 6.61. The second-order valence-electron chi connectivity index (χ2n) is 9.19. The maximum absolute atomic E-state index is 11.9. The number of fused-ring (bicyclic) bond motifs is 5. The molecule has 0 heterocycles. The van der Waals surface area contributed by atoms with Gasteiger partial charge in [-0.05, 0) is 75.4 Å².